The largest absolute Gasteiger partial charge is 0.331 e. The molecule has 0 bridgehead atoms. The summed E-state index contributed by atoms with van der Waals surface area (Å²) < 4.78 is 3.16. The molecule has 0 aliphatic heterocycles. The zero-order chi connectivity index (χ0) is 18.8. The maximum Gasteiger partial charge on any atom is 0.319 e. The first-order valence-electron chi connectivity index (χ1n) is 9.22. The van der Waals surface area contributed by atoms with Crippen LogP contribution in [0.3, 0.4) is 0 Å². The maximum atomic E-state index is 12.5. The number of halogens is 1. The van der Waals surface area contributed by atoms with Crippen molar-refractivity contribution in [2.75, 3.05) is 5.32 Å². The van der Waals surface area contributed by atoms with Crippen LogP contribution >= 0.6 is 27.3 Å². The van der Waals surface area contributed by atoms with Gasteiger partial charge in [-0.2, -0.15) is 0 Å². The summed E-state index contributed by atoms with van der Waals surface area (Å²) in [6, 6.07) is 11.4. The summed E-state index contributed by atoms with van der Waals surface area (Å²) in [5, 5.41) is 7.28. The first kappa shape index (κ1) is 18.3. The highest BCUT2D eigenvalue weighted by molar-refractivity contribution is 9.10. The molecule has 1 atom stereocenters. The Bertz CT molecular complexity index is 931. The Hall–Kier alpha value is -2.05. The van der Waals surface area contributed by atoms with Gasteiger partial charge in [0.05, 0.1) is 6.04 Å². The Morgan fingerprint density at radius 1 is 1.15 bits per heavy atom. The van der Waals surface area contributed by atoms with E-state index in [0.717, 1.165) is 23.0 Å². The molecule has 1 aromatic carbocycles. The number of urea groups is 1. The Morgan fingerprint density at radius 3 is 2.59 bits per heavy atom. The van der Waals surface area contributed by atoms with Crippen LogP contribution in [0.5, 0.6) is 0 Å². The number of fused-ring (bicyclic) bond motifs is 1. The average Bonchev–Trinajstić information content (AvgIpc) is 3.30. The highest BCUT2D eigenvalue weighted by Crippen LogP contribution is 2.40. The highest BCUT2D eigenvalue weighted by Gasteiger charge is 2.25. The third-order valence-corrected chi connectivity index (χ3v) is 6.76. The van der Waals surface area contributed by atoms with Gasteiger partial charge in [0, 0.05) is 33.0 Å². The number of thiophene rings is 1. The fraction of sp³-hybridized carbons (Fsp3) is 0.286. The lowest BCUT2D eigenvalue weighted by Gasteiger charge is -2.20. The normalized spacial score (nSPS) is 14.4. The molecule has 0 saturated heterocycles. The molecule has 0 fully saturated rings. The third kappa shape index (κ3) is 3.96. The minimum absolute atomic E-state index is 0.0593. The molecule has 0 unspecified atom stereocenters. The Kier molecular flexibility index (Phi) is 5.36. The minimum atomic E-state index is -0.181. The van der Waals surface area contributed by atoms with Crippen LogP contribution < -0.4 is 10.6 Å². The van der Waals surface area contributed by atoms with Crippen molar-refractivity contribution in [1.82, 2.24) is 9.88 Å². The molecule has 140 valence electrons. The van der Waals surface area contributed by atoms with E-state index >= 15 is 0 Å². The molecule has 6 heteroatoms. The van der Waals surface area contributed by atoms with Gasteiger partial charge >= 0.3 is 6.03 Å². The molecule has 2 aromatic heterocycles. The molecule has 1 aliphatic carbocycles. The van der Waals surface area contributed by atoms with Crippen molar-refractivity contribution in [2.45, 2.75) is 38.6 Å². The van der Waals surface area contributed by atoms with E-state index in [-0.39, 0.29) is 12.1 Å². The second-order valence-corrected chi connectivity index (χ2v) is 8.85. The predicted molar refractivity (Wildman–Crippen MR) is 115 cm³/mol. The molecule has 0 radical (unpaired) electrons. The molecule has 2 N–H and O–H groups in total. The van der Waals surface area contributed by atoms with E-state index in [1.165, 1.54) is 33.8 Å². The molecule has 1 aliphatic rings. The number of carbonyl (C=O) groups excluding carboxylic acids is 1. The molecule has 0 saturated carbocycles. The number of nitrogens with zero attached hydrogens (tertiary/aromatic N) is 1. The minimum Gasteiger partial charge on any atom is -0.331 e. The number of carbonyl (C=O) groups is 1. The van der Waals surface area contributed by atoms with E-state index in [4.69, 9.17) is 0 Å². The summed E-state index contributed by atoms with van der Waals surface area (Å²) in [5.41, 5.74) is 3.48. The van der Waals surface area contributed by atoms with Gasteiger partial charge in [0.15, 0.2) is 0 Å². The van der Waals surface area contributed by atoms with E-state index in [0.29, 0.717) is 0 Å². The van der Waals surface area contributed by atoms with Crippen LogP contribution in [-0.2, 0) is 12.8 Å². The molecular weight excluding hydrogens is 422 g/mol. The van der Waals surface area contributed by atoms with E-state index in [9.17, 15) is 4.79 Å². The summed E-state index contributed by atoms with van der Waals surface area (Å²) in [7, 11) is 0. The van der Waals surface area contributed by atoms with Crippen LogP contribution in [0.25, 0.3) is 5.00 Å². The van der Waals surface area contributed by atoms with E-state index in [1.54, 1.807) is 0 Å². The van der Waals surface area contributed by atoms with Gasteiger partial charge in [-0.15, -0.1) is 11.3 Å². The molecule has 0 spiro atoms. The van der Waals surface area contributed by atoms with Crippen LogP contribution in [0.4, 0.5) is 10.5 Å². The average molecular weight is 444 g/mol. The smallest absolute Gasteiger partial charge is 0.319 e. The Balaban J connectivity index is 1.57. The van der Waals surface area contributed by atoms with Gasteiger partial charge in [-0.3, -0.25) is 0 Å². The van der Waals surface area contributed by atoms with Crippen LogP contribution in [0.15, 0.2) is 53.3 Å². The number of amides is 2. The molecule has 4 rings (SSSR count). The molecule has 2 heterocycles. The molecule has 3 aromatic rings. The number of aryl methyl sites for hydroxylation is 1. The number of rotatable bonds is 4. The van der Waals surface area contributed by atoms with E-state index in [2.05, 4.69) is 50.4 Å². The van der Waals surface area contributed by atoms with E-state index < -0.39 is 0 Å². The zero-order valence-corrected chi connectivity index (χ0v) is 17.6. The predicted octanol–water partition coefficient (Wildman–Crippen LogP) is 6.06. The fourth-order valence-electron chi connectivity index (χ4n) is 3.65. The SMILES string of the molecule is C[C@H](NC(=O)Nc1ccc(Br)cc1)c1c(-n2cccc2)sc2c1CCCC2. The number of anilines is 1. The van der Waals surface area contributed by atoms with Crippen molar-refractivity contribution >= 4 is 39.0 Å². The number of hydrogen-bond acceptors (Lipinski definition) is 2. The summed E-state index contributed by atoms with van der Waals surface area (Å²) in [6.45, 7) is 2.07. The molecule has 27 heavy (non-hydrogen) atoms. The molecular formula is C21H22BrN3OS. The van der Waals surface area contributed by atoms with Crippen molar-refractivity contribution in [1.29, 1.82) is 0 Å². The lowest BCUT2D eigenvalue weighted by molar-refractivity contribution is 0.249. The van der Waals surface area contributed by atoms with Gasteiger partial charge in [0.25, 0.3) is 0 Å². The Morgan fingerprint density at radius 2 is 1.85 bits per heavy atom. The van der Waals surface area contributed by atoms with Crippen LogP contribution in [0.1, 0.15) is 41.8 Å². The number of hydrogen-bond donors (Lipinski definition) is 2. The topological polar surface area (TPSA) is 46.1 Å². The standard InChI is InChI=1S/C21H22BrN3OS/c1-14(23-21(26)24-16-10-8-15(22)9-11-16)19-17-6-2-3-7-18(17)27-20(19)25-12-4-5-13-25/h4-5,8-14H,2-3,6-7H2,1H3,(H2,23,24,26)/t14-/m0/s1. The Labute approximate surface area is 171 Å². The lowest BCUT2D eigenvalue weighted by Crippen LogP contribution is -2.32. The van der Waals surface area contributed by atoms with Crippen LogP contribution in [0.2, 0.25) is 0 Å². The van der Waals surface area contributed by atoms with Crippen molar-refractivity contribution in [3.63, 3.8) is 0 Å². The van der Waals surface area contributed by atoms with Crippen molar-refractivity contribution in [3.05, 3.63) is 69.3 Å². The van der Waals surface area contributed by atoms with Crippen LogP contribution in [0, 0.1) is 0 Å². The number of aromatic nitrogens is 1. The van der Waals surface area contributed by atoms with Gasteiger partial charge in [0.1, 0.15) is 5.00 Å². The van der Waals surface area contributed by atoms with Crippen molar-refractivity contribution < 1.29 is 4.79 Å². The third-order valence-electron chi connectivity index (χ3n) is 4.91. The first-order chi connectivity index (χ1) is 13.1. The van der Waals surface area contributed by atoms with Gasteiger partial charge in [-0.25, -0.2) is 4.79 Å². The molecule has 4 nitrogen and oxygen atoms in total. The number of benzene rings is 1. The van der Waals surface area contributed by atoms with Crippen molar-refractivity contribution in [3.8, 4) is 5.00 Å². The van der Waals surface area contributed by atoms with Gasteiger partial charge in [-0.05, 0) is 74.6 Å². The van der Waals surface area contributed by atoms with Gasteiger partial charge in [-0.1, -0.05) is 15.9 Å². The summed E-state index contributed by atoms with van der Waals surface area (Å²) >= 11 is 5.28. The molecule has 2 amide bonds. The lowest BCUT2D eigenvalue weighted by atomic mass is 9.93. The summed E-state index contributed by atoms with van der Waals surface area (Å²) in [4.78, 5) is 14.0. The zero-order valence-electron chi connectivity index (χ0n) is 15.2. The van der Waals surface area contributed by atoms with Gasteiger partial charge < -0.3 is 15.2 Å². The second-order valence-electron chi connectivity index (χ2n) is 6.85. The highest BCUT2D eigenvalue weighted by atomic mass is 79.9. The van der Waals surface area contributed by atoms with Crippen LogP contribution in [-0.4, -0.2) is 10.6 Å². The number of nitrogens with one attached hydrogen (secondary N) is 2. The first-order valence-corrected chi connectivity index (χ1v) is 10.8. The fourth-order valence-corrected chi connectivity index (χ4v) is 5.37. The second kappa shape index (κ2) is 7.90. The maximum absolute atomic E-state index is 12.5. The summed E-state index contributed by atoms with van der Waals surface area (Å²) in [5.74, 6) is 0. The monoisotopic (exact) mass is 443 g/mol. The van der Waals surface area contributed by atoms with E-state index in [1.807, 2.05) is 47.7 Å². The summed E-state index contributed by atoms with van der Waals surface area (Å²) in [6.07, 6.45) is 8.88. The van der Waals surface area contributed by atoms with Gasteiger partial charge in [0.2, 0.25) is 0 Å². The van der Waals surface area contributed by atoms with Crippen molar-refractivity contribution in [2.24, 2.45) is 0 Å². The quantitative estimate of drug-likeness (QED) is 0.505.